The van der Waals surface area contributed by atoms with Crippen LogP contribution in [0.5, 0.6) is 17.2 Å². The molecule has 2 aromatic carbocycles. The number of rotatable bonds is 8. The van der Waals surface area contributed by atoms with Crippen LogP contribution >= 0.6 is 0 Å². The zero-order valence-corrected chi connectivity index (χ0v) is 18.0. The van der Waals surface area contributed by atoms with Crippen LogP contribution in [0, 0.1) is 13.8 Å². The number of ether oxygens (including phenoxy) is 1. The van der Waals surface area contributed by atoms with Gasteiger partial charge in [0.15, 0.2) is 11.5 Å². The molecule has 2 aromatic heterocycles. The van der Waals surface area contributed by atoms with E-state index in [0.29, 0.717) is 41.6 Å². The number of fused-ring (bicyclic) bond motifs is 1. The SMILES string of the molecule is Cc1c(-c2cc3cc(OCCNCCc4ccccc4O)ccc3o2)oc(=O)c(C)c1O. The molecule has 0 fully saturated rings. The van der Waals surface area contributed by atoms with Gasteiger partial charge in [-0.2, -0.15) is 0 Å². The van der Waals surface area contributed by atoms with Crippen molar-refractivity contribution in [1.82, 2.24) is 5.32 Å². The molecule has 7 nitrogen and oxygen atoms in total. The Labute approximate surface area is 184 Å². The second-order valence-corrected chi connectivity index (χ2v) is 7.60. The maximum absolute atomic E-state index is 11.9. The highest BCUT2D eigenvalue weighted by molar-refractivity contribution is 5.84. The first-order valence-electron chi connectivity index (χ1n) is 10.4. The molecule has 0 aliphatic heterocycles. The fourth-order valence-electron chi connectivity index (χ4n) is 3.50. The maximum Gasteiger partial charge on any atom is 0.343 e. The lowest BCUT2D eigenvalue weighted by atomic mass is 10.1. The van der Waals surface area contributed by atoms with Gasteiger partial charge in [-0.3, -0.25) is 0 Å². The molecular formula is C25H25NO6. The molecule has 7 heteroatoms. The largest absolute Gasteiger partial charge is 0.508 e. The number of nitrogens with one attached hydrogen (secondary N) is 1. The van der Waals surface area contributed by atoms with Gasteiger partial charge in [-0.25, -0.2) is 4.79 Å². The molecule has 0 aliphatic carbocycles. The Kier molecular flexibility index (Phi) is 6.18. The van der Waals surface area contributed by atoms with E-state index in [2.05, 4.69) is 5.32 Å². The molecule has 166 valence electrons. The maximum atomic E-state index is 11.9. The van der Waals surface area contributed by atoms with E-state index in [-0.39, 0.29) is 17.1 Å². The molecule has 0 saturated heterocycles. The van der Waals surface area contributed by atoms with Gasteiger partial charge in [0.1, 0.15) is 29.4 Å². The molecule has 0 aliphatic rings. The van der Waals surface area contributed by atoms with E-state index >= 15 is 0 Å². The standard InChI is InChI=1S/C25H25NO6/c1-15-23(28)16(2)25(29)32-24(15)22-14-18-13-19(7-8-21(18)31-22)30-12-11-26-10-9-17-5-3-4-6-20(17)27/h3-8,13-14,26-28H,9-12H2,1-2H3. The van der Waals surface area contributed by atoms with Crippen LogP contribution in [-0.2, 0) is 6.42 Å². The van der Waals surface area contributed by atoms with E-state index < -0.39 is 5.63 Å². The van der Waals surface area contributed by atoms with Crippen molar-refractivity contribution in [3.63, 3.8) is 0 Å². The summed E-state index contributed by atoms with van der Waals surface area (Å²) < 4.78 is 17.0. The van der Waals surface area contributed by atoms with Crippen molar-refractivity contribution in [2.75, 3.05) is 19.7 Å². The monoisotopic (exact) mass is 435 g/mol. The van der Waals surface area contributed by atoms with Crippen LogP contribution in [0.4, 0.5) is 0 Å². The minimum Gasteiger partial charge on any atom is -0.508 e. The molecule has 4 rings (SSSR count). The van der Waals surface area contributed by atoms with Gasteiger partial charge in [0, 0.05) is 17.5 Å². The highest BCUT2D eigenvalue weighted by Gasteiger charge is 2.18. The molecule has 3 N–H and O–H groups in total. The molecule has 0 spiro atoms. The number of hydrogen-bond donors (Lipinski definition) is 3. The summed E-state index contributed by atoms with van der Waals surface area (Å²) in [6, 6.07) is 14.5. The zero-order valence-electron chi connectivity index (χ0n) is 18.0. The Bertz CT molecular complexity index is 1300. The third-order valence-electron chi connectivity index (χ3n) is 5.37. The highest BCUT2D eigenvalue weighted by atomic mass is 16.5. The molecule has 4 aromatic rings. The molecule has 0 unspecified atom stereocenters. The third kappa shape index (κ3) is 4.48. The van der Waals surface area contributed by atoms with E-state index in [1.54, 1.807) is 25.1 Å². The van der Waals surface area contributed by atoms with Gasteiger partial charge in [0.05, 0.1) is 5.56 Å². The predicted octanol–water partition coefficient (Wildman–Crippen LogP) is 4.29. The van der Waals surface area contributed by atoms with Crippen molar-refractivity contribution in [1.29, 1.82) is 0 Å². The number of aromatic hydroxyl groups is 2. The predicted molar refractivity (Wildman–Crippen MR) is 122 cm³/mol. The minimum atomic E-state index is -0.595. The van der Waals surface area contributed by atoms with Crippen LogP contribution in [-0.4, -0.2) is 29.9 Å². The quantitative estimate of drug-likeness (QED) is 0.355. The number of phenolic OH excluding ortho intramolecular Hbond substituents is 1. The summed E-state index contributed by atoms with van der Waals surface area (Å²) in [6.45, 7) is 5.07. The molecule has 32 heavy (non-hydrogen) atoms. The van der Waals surface area contributed by atoms with Crippen LogP contribution in [0.25, 0.3) is 22.5 Å². The molecule has 0 radical (unpaired) electrons. The van der Waals surface area contributed by atoms with E-state index in [1.807, 2.05) is 30.3 Å². The van der Waals surface area contributed by atoms with Crippen molar-refractivity contribution in [3.05, 3.63) is 75.6 Å². The lowest BCUT2D eigenvalue weighted by Gasteiger charge is -2.08. The van der Waals surface area contributed by atoms with E-state index in [0.717, 1.165) is 23.9 Å². The van der Waals surface area contributed by atoms with Gasteiger partial charge in [0.25, 0.3) is 0 Å². The Hall–Kier alpha value is -3.71. The lowest BCUT2D eigenvalue weighted by molar-refractivity contribution is 0.315. The van der Waals surface area contributed by atoms with Crippen LogP contribution < -0.4 is 15.7 Å². The van der Waals surface area contributed by atoms with E-state index in [4.69, 9.17) is 13.6 Å². The fraction of sp³-hybridized carbons (Fsp3) is 0.240. The Morgan fingerprint density at radius 3 is 2.59 bits per heavy atom. The fourth-order valence-corrected chi connectivity index (χ4v) is 3.50. The summed E-state index contributed by atoms with van der Waals surface area (Å²) in [4.78, 5) is 11.9. The number of furan rings is 1. The van der Waals surface area contributed by atoms with Gasteiger partial charge >= 0.3 is 5.63 Å². The van der Waals surface area contributed by atoms with Gasteiger partial charge in [0.2, 0.25) is 0 Å². The van der Waals surface area contributed by atoms with Crippen molar-refractivity contribution in [2.24, 2.45) is 0 Å². The minimum absolute atomic E-state index is 0.0873. The average Bonchev–Trinajstić information content (AvgIpc) is 3.21. The summed E-state index contributed by atoms with van der Waals surface area (Å²) >= 11 is 0. The zero-order chi connectivity index (χ0) is 22.7. The third-order valence-corrected chi connectivity index (χ3v) is 5.37. The van der Waals surface area contributed by atoms with Crippen molar-refractivity contribution in [3.8, 4) is 28.8 Å². The topological polar surface area (TPSA) is 105 Å². The molecule has 0 bridgehead atoms. The van der Waals surface area contributed by atoms with Gasteiger partial charge in [-0.1, -0.05) is 18.2 Å². The van der Waals surface area contributed by atoms with Crippen molar-refractivity contribution >= 4 is 11.0 Å². The summed E-state index contributed by atoms with van der Waals surface area (Å²) in [5.41, 5.74) is 1.56. The van der Waals surface area contributed by atoms with E-state index in [9.17, 15) is 15.0 Å². The normalized spacial score (nSPS) is 11.2. The van der Waals surface area contributed by atoms with Crippen LogP contribution in [0.1, 0.15) is 16.7 Å². The molecule has 2 heterocycles. The molecule has 0 amide bonds. The van der Waals surface area contributed by atoms with Crippen LogP contribution in [0.15, 0.2) is 62.2 Å². The first kappa shape index (κ1) is 21.5. The summed E-state index contributed by atoms with van der Waals surface area (Å²) in [6.07, 6.45) is 0.737. The molecule has 0 atom stereocenters. The first-order chi connectivity index (χ1) is 15.4. The number of para-hydroxylation sites is 1. The van der Waals surface area contributed by atoms with Crippen molar-refractivity contribution < 1.29 is 23.8 Å². The first-order valence-corrected chi connectivity index (χ1v) is 10.4. The number of hydrogen-bond acceptors (Lipinski definition) is 7. The average molecular weight is 435 g/mol. The smallest absolute Gasteiger partial charge is 0.343 e. The van der Waals surface area contributed by atoms with Gasteiger partial charge in [-0.15, -0.1) is 0 Å². The van der Waals surface area contributed by atoms with E-state index in [1.165, 1.54) is 6.92 Å². The highest BCUT2D eigenvalue weighted by Crippen LogP contribution is 2.34. The second kappa shape index (κ2) is 9.20. The second-order valence-electron chi connectivity index (χ2n) is 7.60. The van der Waals surface area contributed by atoms with Gasteiger partial charge < -0.3 is 29.1 Å². The lowest BCUT2D eigenvalue weighted by Crippen LogP contribution is -2.23. The summed E-state index contributed by atoms with van der Waals surface area (Å²) in [7, 11) is 0. The Morgan fingerprint density at radius 1 is 0.969 bits per heavy atom. The molecular weight excluding hydrogens is 410 g/mol. The number of phenols is 1. The number of benzene rings is 2. The summed E-state index contributed by atoms with van der Waals surface area (Å²) in [5.74, 6) is 1.50. The van der Waals surface area contributed by atoms with Crippen LogP contribution in [0.3, 0.4) is 0 Å². The van der Waals surface area contributed by atoms with Crippen LogP contribution in [0.2, 0.25) is 0 Å². The Balaban J connectivity index is 1.36. The Morgan fingerprint density at radius 2 is 1.78 bits per heavy atom. The molecule has 0 saturated carbocycles. The van der Waals surface area contributed by atoms with Crippen molar-refractivity contribution in [2.45, 2.75) is 20.3 Å². The van der Waals surface area contributed by atoms with Gasteiger partial charge in [-0.05, 0) is 62.7 Å². The summed E-state index contributed by atoms with van der Waals surface area (Å²) in [5, 5.41) is 24.0.